The molecule has 1 aliphatic rings. The van der Waals surface area contributed by atoms with Crippen LogP contribution in [0.3, 0.4) is 0 Å². The number of ether oxygens (including phenoxy) is 3. The van der Waals surface area contributed by atoms with Gasteiger partial charge in [0.2, 0.25) is 11.7 Å². The molecule has 0 atom stereocenters. The maximum absolute atomic E-state index is 12.6. The number of carbonyl (C=O) groups excluding carboxylic acids is 1. The van der Waals surface area contributed by atoms with Gasteiger partial charge in [-0.05, 0) is 44.5 Å². The SMILES string of the molecule is COc1ccc(CN2CCC(C(=O)NCc3ccc(C)cc3)CC2)c(OC)c1OC. The predicted molar refractivity (Wildman–Crippen MR) is 117 cm³/mol. The van der Waals surface area contributed by atoms with E-state index in [2.05, 4.69) is 41.4 Å². The number of piperidine rings is 1. The first kappa shape index (κ1) is 22.0. The molecule has 3 rings (SSSR count). The van der Waals surface area contributed by atoms with Gasteiger partial charge in [-0.2, -0.15) is 0 Å². The van der Waals surface area contributed by atoms with Crippen LogP contribution in [0.2, 0.25) is 0 Å². The Balaban J connectivity index is 1.53. The van der Waals surface area contributed by atoms with E-state index in [1.807, 2.05) is 12.1 Å². The van der Waals surface area contributed by atoms with Crippen molar-refractivity contribution in [2.45, 2.75) is 32.9 Å². The number of rotatable bonds is 8. The summed E-state index contributed by atoms with van der Waals surface area (Å²) >= 11 is 0. The van der Waals surface area contributed by atoms with E-state index in [9.17, 15) is 4.79 Å². The molecule has 2 aromatic rings. The topological polar surface area (TPSA) is 60.0 Å². The van der Waals surface area contributed by atoms with Crippen LogP contribution in [-0.2, 0) is 17.9 Å². The van der Waals surface area contributed by atoms with Crippen LogP contribution in [0, 0.1) is 12.8 Å². The monoisotopic (exact) mass is 412 g/mol. The summed E-state index contributed by atoms with van der Waals surface area (Å²) in [6.07, 6.45) is 1.71. The fraction of sp³-hybridized carbons (Fsp3) is 0.458. The van der Waals surface area contributed by atoms with Crippen molar-refractivity contribution in [2.24, 2.45) is 5.92 Å². The van der Waals surface area contributed by atoms with Gasteiger partial charge in [-0.3, -0.25) is 9.69 Å². The van der Waals surface area contributed by atoms with Crippen molar-refractivity contribution >= 4 is 5.91 Å². The molecule has 1 saturated heterocycles. The second-order valence-electron chi connectivity index (χ2n) is 7.75. The van der Waals surface area contributed by atoms with Crippen LogP contribution in [0.15, 0.2) is 36.4 Å². The zero-order chi connectivity index (χ0) is 21.5. The molecule has 6 heteroatoms. The summed E-state index contributed by atoms with van der Waals surface area (Å²) in [5.41, 5.74) is 3.41. The highest BCUT2D eigenvalue weighted by Crippen LogP contribution is 2.40. The minimum atomic E-state index is 0.0685. The van der Waals surface area contributed by atoms with E-state index in [-0.39, 0.29) is 11.8 Å². The Morgan fingerprint density at radius 2 is 1.63 bits per heavy atom. The van der Waals surface area contributed by atoms with Gasteiger partial charge in [0.25, 0.3) is 0 Å². The van der Waals surface area contributed by atoms with E-state index >= 15 is 0 Å². The first-order chi connectivity index (χ1) is 14.5. The third kappa shape index (κ3) is 5.25. The number of nitrogens with zero attached hydrogens (tertiary/aromatic N) is 1. The van der Waals surface area contributed by atoms with Crippen LogP contribution in [0.25, 0.3) is 0 Å². The molecule has 0 aliphatic carbocycles. The molecular weight excluding hydrogens is 380 g/mol. The molecule has 0 bridgehead atoms. The smallest absolute Gasteiger partial charge is 0.223 e. The van der Waals surface area contributed by atoms with Crippen molar-refractivity contribution in [2.75, 3.05) is 34.4 Å². The molecule has 0 saturated carbocycles. The lowest BCUT2D eigenvalue weighted by molar-refractivity contribution is -0.126. The lowest BCUT2D eigenvalue weighted by Gasteiger charge is -2.31. The zero-order valence-electron chi connectivity index (χ0n) is 18.4. The van der Waals surface area contributed by atoms with Crippen LogP contribution in [0.4, 0.5) is 0 Å². The van der Waals surface area contributed by atoms with Crippen LogP contribution in [0.1, 0.15) is 29.5 Å². The number of nitrogens with one attached hydrogen (secondary N) is 1. The number of likely N-dealkylation sites (tertiary alicyclic amines) is 1. The van der Waals surface area contributed by atoms with Gasteiger partial charge in [0.1, 0.15) is 0 Å². The number of aryl methyl sites for hydroxylation is 1. The highest BCUT2D eigenvalue weighted by atomic mass is 16.5. The standard InChI is InChI=1S/C24H32N2O4/c1-17-5-7-18(8-6-17)15-25-24(27)19-11-13-26(14-12-19)16-20-9-10-21(28-2)23(30-4)22(20)29-3/h5-10,19H,11-16H2,1-4H3,(H,25,27). The zero-order valence-corrected chi connectivity index (χ0v) is 18.4. The minimum Gasteiger partial charge on any atom is -0.493 e. The van der Waals surface area contributed by atoms with Gasteiger partial charge in [0, 0.05) is 24.6 Å². The molecule has 1 heterocycles. The van der Waals surface area contributed by atoms with Crippen LogP contribution < -0.4 is 19.5 Å². The lowest BCUT2D eigenvalue weighted by Crippen LogP contribution is -2.40. The Hall–Kier alpha value is -2.73. The molecule has 0 unspecified atom stereocenters. The summed E-state index contributed by atoms with van der Waals surface area (Å²) in [5, 5.41) is 3.09. The highest BCUT2D eigenvalue weighted by Gasteiger charge is 2.26. The van der Waals surface area contributed by atoms with E-state index < -0.39 is 0 Å². The van der Waals surface area contributed by atoms with Gasteiger partial charge in [-0.25, -0.2) is 0 Å². The molecular formula is C24H32N2O4. The molecule has 0 aromatic heterocycles. The van der Waals surface area contributed by atoms with E-state index in [1.54, 1.807) is 21.3 Å². The van der Waals surface area contributed by atoms with Crippen LogP contribution in [-0.4, -0.2) is 45.2 Å². The minimum absolute atomic E-state index is 0.0685. The largest absolute Gasteiger partial charge is 0.493 e. The van der Waals surface area contributed by atoms with Gasteiger partial charge >= 0.3 is 0 Å². The van der Waals surface area contributed by atoms with Gasteiger partial charge in [-0.15, -0.1) is 0 Å². The van der Waals surface area contributed by atoms with Crippen molar-refractivity contribution in [3.8, 4) is 17.2 Å². The van der Waals surface area contributed by atoms with Gasteiger partial charge in [-0.1, -0.05) is 35.9 Å². The summed E-state index contributed by atoms with van der Waals surface area (Å²) in [7, 11) is 4.88. The third-order valence-electron chi connectivity index (χ3n) is 5.73. The molecule has 162 valence electrons. The average Bonchev–Trinajstić information content (AvgIpc) is 2.78. The van der Waals surface area contributed by atoms with E-state index in [0.29, 0.717) is 23.8 Å². The highest BCUT2D eigenvalue weighted by molar-refractivity contribution is 5.78. The van der Waals surface area contributed by atoms with E-state index in [0.717, 1.165) is 43.6 Å². The summed E-state index contributed by atoms with van der Waals surface area (Å²) in [5.74, 6) is 2.19. The lowest BCUT2D eigenvalue weighted by atomic mass is 9.95. The number of benzene rings is 2. The molecule has 6 nitrogen and oxygen atoms in total. The Morgan fingerprint density at radius 1 is 0.967 bits per heavy atom. The van der Waals surface area contributed by atoms with E-state index in [1.165, 1.54) is 5.56 Å². The maximum atomic E-state index is 12.6. The molecule has 1 aliphatic heterocycles. The van der Waals surface area contributed by atoms with Gasteiger partial charge < -0.3 is 19.5 Å². The molecule has 2 aromatic carbocycles. The Bertz CT molecular complexity index is 843. The van der Waals surface area contributed by atoms with Crippen molar-refractivity contribution < 1.29 is 19.0 Å². The summed E-state index contributed by atoms with van der Waals surface area (Å²) in [6.45, 7) is 5.15. The summed E-state index contributed by atoms with van der Waals surface area (Å²) in [6, 6.07) is 12.2. The fourth-order valence-electron chi connectivity index (χ4n) is 3.92. The molecule has 0 spiro atoms. The van der Waals surface area contributed by atoms with Gasteiger partial charge in [0.15, 0.2) is 11.5 Å². The third-order valence-corrected chi connectivity index (χ3v) is 5.73. The average molecular weight is 413 g/mol. The van der Waals surface area contributed by atoms with Crippen molar-refractivity contribution in [3.05, 3.63) is 53.1 Å². The quantitative estimate of drug-likeness (QED) is 0.719. The van der Waals surface area contributed by atoms with Crippen molar-refractivity contribution in [3.63, 3.8) is 0 Å². The molecule has 1 amide bonds. The first-order valence-corrected chi connectivity index (χ1v) is 10.4. The molecule has 30 heavy (non-hydrogen) atoms. The van der Waals surface area contributed by atoms with E-state index in [4.69, 9.17) is 14.2 Å². The van der Waals surface area contributed by atoms with Crippen molar-refractivity contribution in [1.82, 2.24) is 10.2 Å². The second-order valence-corrected chi connectivity index (χ2v) is 7.75. The number of hydrogen-bond acceptors (Lipinski definition) is 5. The molecule has 1 fully saturated rings. The summed E-state index contributed by atoms with van der Waals surface area (Å²) in [4.78, 5) is 14.9. The van der Waals surface area contributed by atoms with Crippen LogP contribution in [0.5, 0.6) is 17.2 Å². The summed E-state index contributed by atoms with van der Waals surface area (Å²) < 4.78 is 16.4. The van der Waals surface area contributed by atoms with Gasteiger partial charge in [0.05, 0.1) is 21.3 Å². The number of amides is 1. The fourth-order valence-corrected chi connectivity index (χ4v) is 3.92. The Labute approximate surface area is 179 Å². The number of hydrogen-bond donors (Lipinski definition) is 1. The van der Waals surface area contributed by atoms with Crippen LogP contribution >= 0.6 is 0 Å². The van der Waals surface area contributed by atoms with Crippen molar-refractivity contribution in [1.29, 1.82) is 0 Å². The first-order valence-electron chi connectivity index (χ1n) is 10.4. The Morgan fingerprint density at radius 3 is 2.23 bits per heavy atom. The Kier molecular flexibility index (Phi) is 7.57. The maximum Gasteiger partial charge on any atom is 0.223 e. The normalized spacial score (nSPS) is 14.9. The number of methoxy groups -OCH3 is 3. The molecule has 1 N–H and O–H groups in total. The molecule has 0 radical (unpaired) electrons. The number of carbonyl (C=O) groups is 1. The second kappa shape index (κ2) is 10.3. The predicted octanol–water partition coefficient (Wildman–Crippen LogP) is 3.55.